The zero-order valence-electron chi connectivity index (χ0n) is 11.6. The summed E-state index contributed by atoms with van der Waals surface area (Å²) in [4.78, 5) is 2.38. The molecule has 0 amide bonds. The van der Waals surface area contributed by atoms with E-state index in [1.165, 1.54) is 0 Å². The molecule has 1 aliphatic rings. The molecule has 0 bridgehead atoms. The van der Waals surface area contributed by atoms with E-state index in [1.807, 2.05) is 20.8 Å². The Morgan fingerprint density at radius 3 is 2.50 bits per heavy atom. The van der Waals surface area contributed by atoms with Crippen molar-refractivity contribution in [3.05, 3.63) is 34.1 Å². The largest absolute Gasteiger partial charge is 0.379 e. The molecule has 0 unspecified atom stereocenters. The Morgan fingerprint density at radius 2 is 1.83 bits per heavy atom. The number of aryl methyl sites for hydroxylation is 1. The molecule has 0 saturated carbocycles. The first-order chi connectivity index (χ1) is 8.59. The first-order valence-corrected chi connectivity index (χ1v) is 6.65. The molecule has 3 heteroatoms. The number of halogens is 1. The van der Waals surface area contributed by atoms with Crippen molar-refractivity contribution >= 4 is 0 Å². The van der Waals surface area contributed by atoms with Crippen molar-refractivity contribution in [2.45, 2.75) is 27.2 Å². The van der Waals surface area contributed by atoms with E-state index in [2.05, 4.69) is 11.0 Å². The predicted octanol–water partition coefficient (Wildman–Crippen LogP) is 2.63. The van der Waals surface area contributed by atoms with Crippen molar-refractivity contribution in [2.75, 3.05) is 32.8 Å². The van der Waals surface area contributed by atoms with Gasteiger partial charge in [-0.15, -0.1) is 0 Å². The van der Waals surface area contributed by atoms with Crippen LogP contribution in [0.1, 0.15) is 22.3 Å². The van der Waals surface area contributed by atoms with E-state index >= 15 is 0 Å². The Hall–Kier alpha value is -0.930. The highest BCUT2D eigenvalue weighted by molar-refractivity contribution is 5.38. The van der Waals surface area contributed by atoms with Crippen molar-refractivity contribution in [1.29, 1.82) is 0 Å². The molecule has 2 nitrogen and oxygen atoms in total. The molecule has 0 radical (unpaired) electrons. The van der Waals surface area contributed by atoms with Crippen molar-refractivity contribution < 1.29 is 9.13 Å². The maximum absolute atomic E-state index is 14.0. The fourth-order valence-electron chi connectivity index (χ4n) is 2.44. The van der Waals surface area contributed by atoms with Gasteiger partial charge < -0.3 is 4.74 Å². The summed E-state index contributed by atoms with van der Waals surface area (Å²) in [5, 5.41) is 0. The van der Waals surface area contributed by atoms with Gasteiger partial charge in [-0.05, 0) is 49.4 Å². The van der Waals surface area contributed by atoms with E-state index in [-0.39, 0.29) is 5.82 Å². The summed E-state index contributed by atoms with van der Waals surface area (Å²) in [6, 6.07) is 2.13. The van der Waals surface area contributed by atoms with Crippen LogP contribution < -0.4 is 0 Å². The highest BCUT2D eigenvalue weighted by atomic mass is 19.1. The second kappa shape index (κ2) is 5.81. The van der Waals surface area contributed by atoms with E-state index < -0.39 is 0 Å². The molecule has 18 heavy (non-hydrogen) atoms. The normalized spacial score (nSPS) is 17.1. The standard InChI is InChI=1S/C15H22FNO/c1-11-10-14(13(3)15(16)12(11)2)4-5-17-6-8-18-9-7-17/h10H,4-9H2,1-3H3. The SMILES string of the molecule is Cc1cc(CCN2CCOCC2)c(C)c(F)c1C. The molecule has 1 heterocycles. The van der Waals surface area contributed by atoms with Gasteiger partial charge in [0.1, 0.15) is 5.82 Å². The number of benzene rings is 1. The maximum atomic E-state index is 14.0. The monoisotopic (exact) mass is 251 g/mol. The Morgan fingerprint density at radius 1 is 1.17 bits per heavy atom. The lowest BCUT2D eigenvalue weighted by atomic mass is 9.97. The molecular weight excluding hydrogens is 229 g/mol. The summed E-state index contributed by atoms with van der Waals surface area (Å²) in [6.07, 6.45) is 0.921. The van der Waals surface area contributed by atoms with E-state index in [4.69, 9.17) is 4.74 Å². The lowest BCUT2D eigenvalue weighted by Crippen LogP contribution is -2.37. The van der Waals surface area contributed by atoms with Crippen LogP contribution in [0.25, 0.3) is 0 Å². The molecule has 2 rings (SSSR count). The zero-order chi connectivity index (χ0) is 13.1. The molecule has 0 aliphatic carbocycles. The lowest BCUT2D eigenvalue weighted by Gasteiger charge is -2.26. The third-order valence-corrected chi connectivity index (χ3v) is 3.92. The maximum Gasteiger partial charge on any atom is 0.129 e. The van der Waals surface area contributed by atoms with E-state index in [1.54, 1.807) is 0 Å². The highest BCUT2D eigenvalue weighted by Crippen LogP contribution is 2.21. The fraction of sp³-hybridized carbons (Fsp3) is 0.600. The topological polar surface area (TPSA) is 12.5 Å². The third kappa shape index (κ3) is 2.90. The minimum Gasteiger partial charge on any atom is -0.379 e. The molecule has 0 N–H and O–H groups in total. The summed E-state index contributed by atoms with van der Waals surface area (Å²) in [7, 11) is 0. The van der Waals surface area contributed by atoms with Crippen molar-refractivity contribution in [3.63, 3.8) is 0 Å². The molecular formula is C15H22FNO. The summed E-state index contributed by atoms with van der Waals surface area (Å²) in [5.74, 6) is -0.0352. The summed E-state index contributed by atoms with van der Waals surface area (Å²) >= 11 is 0. The minimum atomic E-state index is -0.0352. The second-order valence-electron chi connectivity index (χ2n) is 5.12. The summed E-state index contributed by atoms with van der Waals surface area (Å²) in [5.41, 5.74) is 3.78. The van der Waals surface area contributed by atoms with E-state index in [9.17, 15) is 4.39 Å². The average Bonchev–Trinajstić information content (AvgIpc) is 2.40. The second-order valence-corrected chi connectivity index (χ2v) is 5.12. The van der Waals surface area contributed by atoms with Crippen LogP contribution in [0.2, 0.25) is 0 Å². The molecule has 1 fully saturated rings. The van der Waals surface area contributed by atoms with Crippen LogP contribution in [0, 0.1) is 26.6 Å². The number of ether oxygens (including phenoxy) is 1. The highest BCUT2D eigenvalue weighted by Gasteiger charge is 2.13. The van der Waals surface area contributed by atoms with Gasteiger partial charge in [-0.1, -0.05) is 6.07 Å². The van der Waals surface area contributed by atoms with Gasteiger partial charge in [-0.3, -0.25) is 4.90 Å². The number of hydrogen-bond acceptors (Lipinski definition) is 2. The Kier molecular flexibility index (Phi) is 4.36. The fourth-order valence-corrected chi connectivity index (χ4v) is 2.44. The molecule has 1 aromatic rings. The van der Waals surface area contributed by atoms with Gasteiger partial charge in [0.15, 0.2) is 0 Å². The molecule has 0 spiro atoms. The molecule has 1 saturated heterocycles. The van der Waals surface area contributed by atoms with Crippen molar-refractivity contribution in [3.8, 4) is 0 Å². The quantitative estimate of drug-likeness (QED) is 0.819. The number of hydrogen-bond donors (Lipinski definition) is 0. The first kappa shape index (κ1) is 13.5. The first-order valence-electron chi connectivity index (χ1n) is 6.65. The molecule has 0 aromatic heterocycles. The molecule has 100 valence electrons. The molecule has 0 atom stereocenters. The van der Waals surface area contributed by atoms with Crippen LogP contribution in [0.5, 0.6) is 0 Å². The lowest BCUT2D eigenvalue weighted by molar-refractivity contribution is 0.0384. The van der Waals surface area contributed by atoms with Gasteiger partial charge >= 0.3 is 0 Å². The average molecular weight is 251 g/mol. The number of rotatable bonds is 3. The van der Waals surface area contributed by atoms with Gasteiger partial charge in [-0.2, -0.15) is 0 Å². The van der Waals surface area contributed by atoms with Crippen molar-refractivity contribution in [1.82, 2.24) is 4.90 Å². The van der Waals surface area contributed by atoms with Crippen LogP contribution in [-0.2, 0) is 11.2 Å². The smallest absolute Gasteiger partial charge is 0.129 e. The van der Waals surface area contributed by atoms with Crippen molar-refractivity contribution in [2.24, 2.45) is 0 Å². The van der Waals surface area contributed by atoms with Gasteiger partial charge in [-0.25, -0.2) is 4.39 Å². The van der Waals surface area contributed by atoms with Crippen LogP contribution in [0.3, 0.4) is 0 Å². The van der Waals surface area contributed by atoms with E-state index in [0.29, 0.717) is 0 Å². The van der Waals surface area contributed by atoms with Crippen LogP contribution in [-0.4, -0.2) is 37.7 Å². The van der Waals surface area contributed by atoms with Crippen LogP contribution in [0.4, 0.5) is 4.39 Å². The predicted molar refractivity (Wildman–Crippen MR) is 71.6 cm³/mol. The Bertz CT molecular complexity index is 425. The van der Waals surface area contributed by atoms with Gasteiger partial charge in [0.2, 0.25) is 0 Å². The van der Waals surface area contributed by atoms with Gasteiger partial charge in [0.25, 0.3) is 0 Å². The summed E-state index contributed by atoms with van der Waals surface area (Å²) in [6.45, 7) is 10.3. The van der Waals surface area contributed by atoms with Gasteiger partial charge in [0.05, 0.1) is 13.2 Å². The molecule has 1 aromatic carbocycles. The Labute approximate surface area is 109 Å². The molecule has 1 aliphatic heterocycles. The van der Waals surface area contributed by atoms with Crippen LogP contribution >= 0.6 is 0 Å². The Balaban J connectivity index is 2.05. The van der Waals surface area contributed by atoms with E-state index in [0.717, 1.165) is 61.5 Å². The zero-order valence-corrected chi connectivity index (χ0v) is 11.6. The number of morpholine rings is 1. The third-order valence-electron chi connectivity index (χ3n) is 3.92. The summed E-state index contributed by atoms with van der Waals surface area (Å²) < 4.78 is 19.3. The minimum absolute atomic E-state index is 0.0352. The van der Waals surface area contributed by atoms with Crippen LogP contribution in [0.15, 0.2) is 6.07 Å². The van der Waals surface area contributed by atoms with Gasteiger partial charge in [0, 0.05) is 19.6 Å². The number of nitrogens with zero attached hydrogens (tertiary/aromatic N) is 1.